The Kier molecular flexibility index (Phi) is 7.61. The molecule has 10 heteroatoms. The number of hydrogen-bond acceptors (Lipinski definition) is 7. The molecule has 184 valence electrons. The lowest BCUT2D eigenvalue weighted by Crippen LogP contribution is -2.28. The van der Waals surface area contributed by atoms with Gasteiger partial charge in [0.05, 0.1) is 31.8 Å². The molecule has 3 aromatic carbocycles. The number of benzene rings is 3. The van der Waals surface area contributed by atoms with Crippen LogP contribution in [0.2, 0.25) is 0 Å². The van der Waals surface area contributed by atoms with Crippen LogP contribution in [0.4, 0.5) is 5.69 Å². The maximum Gasteiger partial charge on any atom is 0.262 e. The number of para-hydroxylation sites is 2. The highest BCUT2D eigenvalue weighted by Gasteiger charge is 2.19. The first-order valence-corrected chi connectivity index (χ1v) is 12.5. The van der Waals surface area contributed by atoms with Gasteiger partial charge in [-0.1, -0.05) is 12.1 Å². The zero-order chi connectivity index (χ0) is 24.7. The van der Waals surface area contributed by atoms with Crippen LogP contribution in [0.25, 0.3) is 0 Å². The number of methoxy groups -OCH3 is 1. The summed E-state index contributed by atoms with van der Waals surface area (Å²) in [4.78, 5) is 12.5. The van der Waals surface area contributed by atoms with Crippen LogP contribution in [0, 0.1) is 0 Å². The number of nitrogens with one attached hydrogen (secondary N) is 2. The summed E-state index contributed by atoms with van der Waals surface area (Å²) in [7, 11) is -2.29. The van der Waals surface area contributed by atoms with Gasteiger partial charge in [0.15, 0.2) is 23.0 Å². The predicted octanol–water partition coefficient (Wildman–Crippen LogP) is 3.47. The lowest BCUT2D eigenvalue weighted by atomic mass is 10.2. The summed E-state index contributed by atoms with van der Waals surface area (Å²) in [5.41, 5.74) is 0.717. The second-order valence-corrected chi connectivity index (χ2v) is 9.28. The van der Waals surface area contributed by atoms with Crippen molar-refractivity contribution in [2.24, 2.45) is 0 Å². The lowest BCUT2D eigenvalue weighted by molar-refractivity contribution is 0.0947. The van der Waals surface area contributed by atoms with Gasteiger partial charge in [-0.2, -0.15) is 0 Å². The number of hydrogen-bond donors (Lipinski definition) is 2. The molecule has 2 N–H and O–H groups in total. The van der Waals surface area contributed by atoms with Crippen LogP contribution in [-0.4, -0.2) is 47.8 Å². The minimum atomic E-state index is -3.85. The third-order valence-corrected chi connectivity index (χ3v) is 6.52. The van der Waals surface area contributed by atoms with Crippen LogP contribution in [0.5, 0.6) is 23.0 Å². The number of anilines is 1. The number of ether oxygens (including phenoxy) is 4. The van der Waals surface area contributed by atoms with Crippen molar-refractivity contribution in [3.63, 3.8) is 0 Å². The summed E-state index contributed by atoms with van der Waals surface area (Å²) >= 11 is 0. The van der Waals surface area contributed by atoms with Crippen molar-refractivity contribution in [1.29, 1.82) is 0 Å². The van der Waals surface area contributed by atoms with Crippen molar-refractivity contribution in [3.05, 3.63) is 72.3 Å². The molecule has 0 saturated carbocycles. The molecule has 1 aliphatic rings. The summed E-state index contributed by atoms with van der Waals surface area (Å²) < 4.78 is 50.1. The molecule has 1 aliphatic heterocycles. The van der Waals surface area contributed by atoms with Gasteiger partial charge in [0, 0.05) is 23.7 Å². The van der Waals surface area contributed by atoms with E-state index in [2.05, 4.69) is 10.0 Å². The maximum absolute atomic E-state index is 12.8. The van der Waals surface area contributed by atoms with E-state index in [1.54, 1.807) is 37.4 Å². The number of fused-ring (bicyclic) bond motifs is 1. The minimum Gasteiger partial charge on any atom is -0.493 e. The van der Waals surface area contributed by atoms with E-state index in [1.807, 2.05) is 12.1 Å². The second-order valence-electron chi connectivity index (χ2n) is 7.60. The Morgan fingerprint density at radius 3 is 2.40 bits per heavy atom. The molecular weight excluding hydrogens is 472 g/mol. The smallest absolute Gasteiger partial charge is 0.262 e. The number of carbonyl (C=O) groups excluding carboxylic acids is 1. The molecular formula is C25H26N2O7S. The molecule has 0 bridgehead atoms. The zero-order valence-corrected chi connectivity index (χ0v) is 20.0. The standard InChI is InChI=1S/C25H26N2O7S/c1-31-21-5-2-3-6-22(21)34-16-13-26-25(28)18-7-9-19(10-8-18)27-35(29,30)20-11-12-23-24(17-20)33-15-4-14-32-23/h2-3,5-12,17,27H,4,13-16H2,1H3,(H,26,28). The van der Waals surface area contributed by atoms with Crippen molar-refractivity contribution in [2.45, 2.75) is 11.3 Å². The highest BCUT2D eigenvalue weighted by atomic mass is 32.2. The Bertz CT molecular complexity index is 1280. The predicted molar refractivity (Wildman–Crippen MR) is 130 cm³/mol. The summed E-state index contributed by atoms with van der Waals surface area (Å²) in [6.07, 6.45) is 0.726. The molecule has 4 rings (SSSR count). The first-order valence-electron chi connectivity index (χ1n) is 11.0. The van der Waals surface area contributed by atoms with Gasteiger partial charge < -0.3 is 24.3 Å². The fraction of sp³-hybridized carbons (Fsp3) is 0.240. The number of rotatable bonds is 9. The number of carbonyl (C=O) groups is 1. The van der Waals surface area contributed by atoms with Gasteiger partial charge in [-0.25, -0.2) is 8.42 Å². The molecule has 3 aromatic rings. The first-order chi connectivity index (χ1) is 17.0. The topological polar surface area (TPSA) is 112 Å². The van der Waals surface area contributed by atoms with Gasteiger partial charge >= 0.3 is 0 Å². The van der Waals surface area contributed by atoms with Gasteiger partial charge in [-0.05, 0) is 48.5 Å². The summed E-state index contributed by atoms with van der Waals surface area (Å²) in [6.45, 7) is 1.53. The third kappa shape index (κ3) is 6.15. The van der Waals surface area contributed by atoms with E-state index in [-0.39, 0.29) is 24.0 Å². The van der Waals surface area contributed by atoms with Crippen molar-refractivity contribution < 1.29 is 32.2 Å². The Morgan fingerprint density at radius 1 is 0.943 bits per heavy atom. The fourth-order valence-corrected chi connectivity index (χ4v) is 4.45. The fourth-order valence-electron chi connectivity index (χ4n) is 3.38. The Balaban J connectivity index is 1.32. The normalized spacial score (nSPS) is 12.8. The van der Waals surface area contributed by atoms with Crippen LogP contribution in [0.15, 0.2) is 71.6 Å². The maximum atomic E-state index is 12.8. The number of amides is 1. The van der Waals surface area contributed by atoms with E-state index >= 15 is 0 Å². The molecule has 0 radical (unpaired) electrons. The van der Waals surface area contributed by atoms with E-state index in [0.717, 1.165) is 6.42 Å². The first kappa shape index (κ1) is 24.2. The van der Waals surface area contributed by atoms with Crippen molar-refractivity contribution >= 4 is 21.6 Å². The van der Waals surface area contributed by atoms with E-state index in [9.17, 15) is 13.2 Å². The van der Waals surface area contributed by atoms with E-state index in [0.29, 0.717) is 47.5 Å². The van der Waals surface area contributed by atoms with Crippen LogP contribution in [0.3, 0.4) is 0 Å². The Hall–Kier alpha value is -3.92. The molecule has 0 fully saturated rings. The second kappa shape index (κ2) is 11.0. The van der Waals surface area contributed by atoms with Crippen LogP contribution in [0.1, 0.15) is 16.8 Å². The summed E-state index contributed by atoms with van der Waals surface area (Å²) in [5, 5.41) is 2.77. The quantitative estimate of drug-likeness (QED) is 0.435. The summed E-state index contributed by atoms with van der Waals surface area (Å²) in [5.74, 6) is 1.82. The van der Waals surface area contributed by atoms with Gasteiger partial charge in [0.25, 0.3) is 15.9 Å². The largest absolute Gasteiger partial charge is 0.493 e. The molecule has 35 heavy (non-hydrogen) atoms. The highest BCUT2D eigenvalue weighted by molar-refractivity contribution is 7.92. The van der Waals surface area contributed by atoms with Gasteiger partial charge in [0.2, 0.25) is 0 Å². The monoisotopic (exact) mass is 498 g/mol. The number of sulfonamides is 1. The SMILES string of the molecule is COc1ccccc1OCCNC(=O)c1ccc(NS(=O)(=O)c2ccc3c(c2)OCCCO3)cc1. The van der Waals surface area contributed by atoms with E-state index < -0.39 is 10.0 Å². The molecule has 0 atom stereocenters. The molecule has 0 aromatic heterocycles. The molecule has 0 spiro atoms. The van der Waals surface area contributed by atoms with Gasteiger partial charge in [-0.3, -0.25) is 9.52 Å². The third-order valence-electron chi connectivity index (χ3n) is 5.14. The Morgan fingerprint density at radius 2 is 1.66 bits per heavy atom. The van der Waals surface area contributed by atoms with Crippen LogP contribution in [-0.2, 0) is 10.0 Å². The average Bonchev–Trinajstić information content (AvgIpc) is 3.12. The molecule has 0 aliphatic carbocycles. The molecule has 0 saturated heterocycles. The lowest BCUT2D eigenvalue weighted by Gasteiger charge is -2.12. The zero-order valence-electron chi connectivity index (χ0n) is 19.2. The van der Waals surface area contributed by atoms with Crippen LogP contribution >= 0.6 is 0 Å². The van der Waals surface area contributed by atoms with Crippen molar-refractivity contribution in [3.8, 4) is 23.0 Å². The van der Waals surface area contributed by atoms with Gasteiger partial charge in [-0.15, -0.1) is 0 Å². The van der Waals surface area contributed by atoms with Crippen molar-refractivity contribution in [1.82, 2.24) is 5.32 Å². The van der Waals surface area contributed by atoms with E-state index in [4.69, 9.17) is 18.9 Å². The molecule has 9 nitrogen and oxygen atoms in total. The van der Waals surface area contributed by atoms with Gasteiger partial charge in [0.1, 0.15) is 6.61 Å². The summed E-state index contributed by atoms with van der Waals surface area (Å²) in [6, 6.07) is 17.9. The van der Waals surface area contributed by atoms with Crippen LogP contribution < -0.4 is 29.0 Å². The van der Waals surface area contributed by atoms with Crippen molar-refractivity contribution in [2.75, 3.05) is 38.2 Å². The minimum absolute atomic E-state index is 0.0543. The molecule has 1 heterocycles. The average molecular weight is 499 g/mol. The Labute approximate surface area is 204 Å². The molecule has 1 amide bonds. The molecule has 0 unspecified atom stereocenters. The van der Waals surface area contributed by atoms with E-state index in [1.165, 1.54) is 24.3 Å². The highest BCUT2D eigenvalue weighted by Crippen LogP contribution is 2.32.